The summed E-state index contributed by atoms with van der Waals surface area (Å²) in [6.07, 6.45) is 1.48. The number of aromatic nitrogens is 2. The molecule has 0 bridgehead atoms. The summed E-state index contributed by atoms with van der Waals surface area (Å²) in [5.41, 5.74) is 3.65. The van der Waals surface area contributed by atoms with Crippen molar-refractivity contribution >= 4 is 34.8 Å². The lowest BCUT2D eigenvalue weighted by atomic mass is 10.0. The van der Waals surface area contributed by atoms with Crippen LogP contribution in [-0.2, 0) is 6.42 Å². The molecule has 1 aliphatic rings. The molecule has 2 amide bonds. The minimum Gasteiger partial charge on any atom is -0.354 e. The number of nitro benzene ring substituents is 1. The average Bonchev–Trinajstić information content (AvgIpc) is 3.09. The van der Waals surface area contributed by atoms with Crippen molar-refractivity contribution in [3.63, 3.8) is 0 Å². The van der Waals surface area contributed by atoms with Gasteiger partial charge in [-0.1, -0.05) is 23.7 Å². The second-order valence-corrected chi connectivity index (χ2v) is 8.96. The zero-order chi connectivity index (χ0) is 24.9. The Morgan fingerprint density at radius 3 is 2.43 bits per heavy atom. The van der Waals surface area contributed by atoms with Crippen molar-refractivity contribution in [1.29, 1.82) is 0 Å². The van der Waals surface area contributed by atoms with Crippen LogP contribution in [0.1, 0.15) is 29.1 Å². The van der Waals surface area contributed by atoms with Gasteiger partial charge < -0.3 is 15.1 Å². The third-order valence-corrected chi connectivity index (χ3v) is 6.26. The van der Waals surface area contributed by atoms with Gasteiger partial charge in [0.2, 0.25) is 0 Å². The summed E-state index contributed by atoms with van der Waals surface area (Å²) in [6.45, 7) is 6.43. The van der Waals surface area contributed by atoms with Crippen LogP contribution in [0.4, 0.5) is 22.0 Å². The number of rotatable bonds is 5. The van der Waals surface area contributed by atoms with Crippen LogP contribution in [0.2, 0.25) is 5.02 Å². The molecule has 10 heteroatoms. The van der Waals surface area contributed by atoms with Gasteiger partial charge in [0.1, 0.15) is 11.6 Å². The fourth-order valence-corrected chi connectivity index (χ4v) is 4.32. The topological polar surface area (TPSA) is 105 Å². The first kappa shape index (κ1) is 24.4. The molecule has 1 N–H and O–H groups in total. The molecule has 35 heavy (non-hydrogen) atoms. The largest absolute Gasteiger partial charge is 0.354 e. The van der Waals surface area contributed by atoms with Crippen molar-refractivity contribution in [2.75, 3.05) is 36.4 Å². The number of benzene rings is 2. The number of carbonyl (C=O) groups is 1. The van der Waals surface area contributed by atoms with Gasteiger partial charge in [-0.25, -0.2) is 14.8 Å². The zero-order valence-corrected chi connectivity index (χ0v) is 20.5. The Labute approximate surface area is 208 Å². The minimum absolute atomic E-state index is 0.0155. The molecular formula is C25H27ClN6O3. The maximum absolute atomic E-state index is 12.9. The van der Waals surface area contributed by atoms with Crippen molar-refractivity contribution < 1.29 is 9.72 Å². The summed E-state index contributed by atoms with van der Waals surface area (Å²) >= 11 is 6.05. The standard InChI is InChI=1S/C25H27ClN6O3/c1-17-23(16-19-4-6-20(26)7-5-19)24(28-18(2)27-17)30-12-3-13-31(15-14-30)25(33)29-21-8-10-22(11-9-21)32(34)35/h4-11H,3,12-16H2,1-2H3,(H,29,33). The van der Waals surface area contributed by atoms with Gasteiger partial charge in [-0.05, 0) is 50.1 Å². The molecule has 3 aromatic rings. The molecule has 1 aliphatic heterocycles. The first-order valence-corrected chi connectivity index (χ1v) is 11.8. The molecule has 2 aromatic carbocycles. The molecule has 0 unspecified atom stereocenters. The Bertz CT molecular complexity index is 1220. The number of halogens is 1. The van der Waals surface area contributed by atoms with Gasteiger partial charge >= 0.3 is 6.03 Å². The maximum Gasteiger partial charge on any atom is 0.321 e. The van der Waals surface area contributed by atoms with Crippen LogP contribution in [0.15, 0.2) is 48.5 Å². The molecule has 0 atom stereocenters. The Morgan fingerprint density at radius 1 is 1.03 bits per heavy atom. The van der Waals surface area contributed by atoms with E-state index in [2.05, 4.69) is 15.2 Å². The molecule has 0 spiro atoms. The van der Waals surface area contributed by atoms with Crippen LogP contribution in [0.3, 0.4) is 0 Å². The number of hydrogen-bond acceptors (Lipinski definition) is 6. The Balaban J connectivity index is 1.47. The van der Waals surface area contributed by atoms with Gasteiger partial charge in [-0.3, -0.25) is 10.1 Å². The third-order valence-electron chi connectivity index (χ3n) is 6.01. The van der Waals surface area contributed by atoms with Gasteiger partial charge in [-0.2, -0.15) is 0 Å². The quantitative estimate of drug-likeness (QED) is 0.395. The van der Waals surface area contributed by atoms with Crippen LogP contribution in [0.25, 0.3) is 0 Å². The highest BCUT2D eigenvalue weighted by atomic mass is 35.5. The van der Waals surface area contributed by atoms with Crippen LogP contribution in [0, 0.1) is 24.0 Å². The molecule has 182 valence electrons. The van der Waals surface area contributed by atoms with Crippen molar-refractivity contribution in [3.8, 4) is 0 Å². The normalized spacial score (nSPS) is 13.9. The fraction of sp³-hybridized carbons (Fsp3) is 0.320. The number of carbonyl (C=O) groups excluding carboxylic acids is 1. The van der Waals surface area contributed by atoms with Crippen molar-refractivity contribution in [2.24, 2.45) is 0 Å². The van der Waals surface area contributed by atoms with E-state index in [4.69, 9.17) is 16.6 Å². The lowest BCUT2D eigenvalue weighted by molar-refractivity contribution is -0.384. The van der Waals surface area contributed by atoms with Gasteiger partial charge in [0.25, 0.3) is 5.69 Å². The van der Waals surface area contributed by atoms with E-state index in [1.54, 1.807) is 4.90 Å². The average molecular weight is 495 g/mol. The van der Waals surface area contributed by atoms with E-state index in [0.29, 0.717) is 36.8 Å². The molecule has 1 saturated heterocycles. The number of nitro groups is 1. The molecule has 9 nitrogen and oxygen atoms in total. The molecule has 1 fully saturated rings. The lowest BCUT2D eigenvalue weighted by Crippen LogP contribution is -2.38. The lowest BCUT2D eigenvalue weighted by Gasteiger charge is -2.26. The van der Waals surface area contributed by atoms with Crippen molar-refractivity contribution in [2.45, 2.75) is 26.7 Å². The number of hydrogen-bond donors (Lipinski definition) is 1. The van der Waals surface area contributed by atoms with E-state index in [9.17, 15) is 14.9 Å². The molecule has 1 aromatic heterocycles. The van der Waals surface area contributed by atoms with E-state index in [1.807, 2.05) is 38.1 Å². The van der Waals surface area contributed by atoms with E-state index in [1.165, 1.54) is 24.3 Å². The number of amides is 2. The van der Waals surface area contributed by atoms with Crippen LogP contribution < -0.4 is 10.2 Å². The summed E-state index contributed by atoms with van der Waals surface area (Å²) in [5, 5.41) is 14.4. The van der Waals surface area contributed by atoms with Gasteiger partial charge in [0, 0.05) is 66.7 Å². The second kappa shape index (κ2) is 10.7. The highest BCUT2D eigenvalue weighted by molar-refractivity contribution is 6.30. The number of nitrogens with zero attached hydrogens (tertiary/aromatic N) is 5. The summed E-state index contributed by atoms with van der Waals surface area (Å²) in [5.74, 6) is 1.62. The third kappa shape index (κ3) is 6.05. The fourth-order valence-electron chi connectivity index (χ4n) is 4.19. The summed E-state index contributed by atoms with van der Waals surface area (Å²) in [4.78, 5) is 36.6. The predicted octanol–water partition coefficient (Wildman–Crippen LogP) is 4.99. The number of anilines is 2. The highest BCUT2D eigenvalue weighted by Gasteiger charge is 2.23. The summed E-state index contributed by atoms with van der Waals surface area (Å²) in [6, 6.07) is 13.4. The minimum atomic E-state index is -0.466. The molecular weight excluding hydrogens is 468 g/mol. The molecule has 4 rings (SSSR count). The number of non-ortho nitro benzene ring substituents is 1. The first-order valence-electron chi connectivity index (χ1n) is 11.4. The smallest absolute Gasteiger partial charge is 0.321 e. The number of nitrogens with one attached hydrogen (secondary N) is 1. The first-order chi connectivity index (χ1) is 16.8. The van der Waals surface area contributed by atoms with Gasteiger partial charge in [-0.15, -0.1) is 0 Å². The Hall–Kier alpha value is -3.72. The molecule has 2 heterocycles. The molecule has 0 saturated carbocycles. The summed E-state index contributed by atoms with van der Waals surface area (Å²) in [7, 11) is 0. The van der Waals surface area contributed by atoms with Crippen LogP contribution in [-0.4, -0.2) is 52.0 Å². The molecule has 0 radical (unpaired) electrons. The Kier molecular flexibility index (Phi) is 7.45. The van der Waals surface area contributed by atoms with Crippen LogP contribution in [0.5, 0.6) is 0 Å². The monoisotopic (exact) mass is 494 g/mol. The van der Waals surface area contributed by atoms with Crippen LogP contribution >= 0.6 is 11.6 Å². The van der Waals surface area contributed by atoms with Crippen molar-refractivity contribution in [3.05, 3.63) is 86.3 Å². The van der Waals surface area contributed by atoms with Crippen molar-refractivity contribution in [1.82, 2.24) is 14.9 Å². The predicted molar refractivity (Wildman–Crippen MR) is 136 cm³/mol. The SMILES string of the molecule is Cc1nc(C)c(Cc2ccc(Cl)cc2)c(N2CCCN(C(=O)Nc3ccc([N+](=O)[O-])cc3)CC2)n1. The van der Waals surface area contributed by atoms with E-state index >= 15 is 0 Å². The van der Waals surface area contributed by atoms with E-state index in [0.717, 1.165) is 41.4 Å². The highest BCUT2D eigenvalue weighted by Crippen LogP contribution is 2.26. The summed E-state index contributed by atoms with van der Waals surface area (Å²) < 4.78 is 0. The maximum atomic E-state index is 12.9. The number of urea groups is 1. The van der Waals surface area contributed by atoms with Gasteiger partial charge in [0.05, 0.1) is 4.92 Å². The Morgan fingerprint density at radius 2 is 1.74 bits per heavy atom. The zero-order valence-electron chi connectivity index (χ0n) is 19.7. The van der Waals surface area contributed by atoms with Gasteiger partial charge in [0.15, 0.2) is 0 Å². The van der Waals surface area contributed by atoms with E-state index < -0.39 is 4.92 Å². The molecule has 0 aliphatic carbocycles. The number of aryl methyl sites for hydroxylation is 2. The van der Waals surface area contributed by atoms with E-state index in [-0.39, 0.29) is 11.7 Å². The second-order valence-electron chi connectivity index (χ2n) is 8.52.